The van der Waals surface area contributed by atoms with Gasteiger partial charge in [-0.05, 0) is 36.7 Å². The summed E-state index contributed by atoms with van der Waals surface area (Å²) in [5, 5.41) is 2.19. The van der Waals surface area contributed by atoms with Crippen LogP contribution in [0.15, 0.2) is 35.4 Å². The van der Waals surface area contributed by atoms with Gasteiger partial charge in [-0.2, -0.15) is 0 Å². The topological polar surface area (TPSA) is 89.6 Å². The Hall–Kier alpha value is -2.58. The Kier molecular flexibility index (Phi) is 4.34. The molecule has 1 unspecified atom stereocenters. The van der Waals surface area contributed by atoms with E-state index in [-0.39, 0.29) is 52.6 Å². The second-order valence-corrected chi connectivity index (χ2v) is 6.28. The Morgan fingerprint density at radius 2 is 2.41 bits per heavy atom. The molecule has 142 valence electrons. The molecule has 6 nitrogen and oxygen atoms in total. The number of aliphatic imine (C=N–C) groups is 1. The summed E-state index contributed by atoms with van der Waals surface area (Å²) < 4.78 is 56.7. The summed E-state index contributed by atoms with van der Waals surface area (Å²) in [6.45, 7) is -1.76. The van der Waals surface area contributed by atoms with Gasteiger partial charge in [-0.25, -0.2) is 13.8 Å². The number of amides is 1. The van der Waals surface area contributed by atoms with Crippen molar-refractivity contribution < 1.29 is 22.4 Å². The minimum atomic E-state index is -1.68. The monoisotopic (exact) mass is 397 g/mol. The number of carbonyl (C=O) groups is 1. The number of ether oxygens (including phenoxy) is 1. The molecule has 2 aromatic rings. The third-order valence-electron chi connectivity index (χ3n) is 3.92. The van der Waals surface area contributed by atoms with Crippen molar-refractivity contribution in [3.8, 4) is 0 Å². The van der Waals surface area contributed by atoms with Crippen LogP contribution >= 0.6 is 11.6 Å². The van der Waals surface area contributed by atoms with Gasteiger partial charge in [0, 0.05) is 18.8 Å². The van der Waals surface area contributed by atoms with Crippen LogP contribution in [0.2, 0.25) is 5.02 Å². The van der Waals surface area contributed by atoms with Crippen molar-refractivity contribution in [2.24, 2.45) is 10.7 Å². The molecule has 1 aromatic carbocycles. The lowest BCUT2D eigenvalue weighted by Crippen LogP contribution is -2.42. The number of hydrogen-bond acceptors (Lipinski definition) is 5. The Balaban J connectivity index is 1.99. The van der Waals surface area contributed by atoms with Crippen LogP contribution in [0, 0.1) is 12.7 Å². The predicted octanol–water partition coefficient (Wildman–Crippen LogP) is 2.99. The number of nitrogens with one attached hydrogen (secondary N) is 1. The molecule has 0 spiro atoms. The second-order valence-electron chi connectivity index (χ2n) is 5.90. The van der Waals surface area contributed by atoms with Crippen molar-refractivity contribution in [2.45, 2.75) is 12.4 Å². The Labute approximate surface area is 163 Å². The molecule has 1 aliphatic rings. The summed E-state index contributed by atoms with van der Waals surface area (Å²) >= 11 is 5.80. The smallest absolute Gasteiger partial charge is 0.274 e. The zero-order valence-corrected chi connectivity index (χ0v) is 14.7. The van der Waals surface area contributed by atoms with Crippen molar-refractivity contribution in [1.29, 1.82) is 0 Å². The van der Waals surface area contributed by atoms with Crippen LogP contribution in [0.25, 0.3) is 0 Å². The van der Waals surface area contributed by atoms with Crippen LogP contribution in [0.1, 0.15) is 25.7 Å². The highest BCUT2D eigenvalue weighted by atomic mass is 35.5. The molecule has 0 fully saturated rings. The van der Waals surface area contributed by atoms with E-state index in [1.807, 2.05) is 0 Å². The van der Waals surface area contributed by atoms with Gasteiger partial charge in [-0.15, -0.1) is 0 Å². The molecule has 27 heavy (non-hydrogen) atoms. The summed E-state index contributed by atoms with van der Waals surface area (Å²) in [5.41, 5.74) is 3.51. The average Bonchev–Trinajstić information content (AvgIpc) is 2.73. The summed E-state index contributed by atoms with van der Waals surface area (Å²) in [6.07, 6.45) is -0.482. The fourth-order valence-corrected chi connectivity index (χ4v) is 2.83. The summed E-state index contributed by atoms with van der Waals surface area (Å²) in [7, 11) is 0. The lowest BCUT2D eigenvalue weighted by molar-refractivity contribution is 0.0809. The van der Waals surface area contributed by atoms with Crippen molar-refractivity contribution in [3.63, 3.8) is 0 Å². The summed E-state index contributed by atoms with van der Waals surface area (Å²) in [6, 6.07) is 3.16. The number of carbonyl (C=O) groups excluding carboxylic acids is 1. The van der Waals surface area contributed by atoms with E-state index in [1.54, 1.807) is 0 Å². The van der Waals surface area contributed by atoms with Crippen molar-refractivity contribution >= 4 is 29.0 Å². The van der Waals surface area contributed by atoms with Gasteiger partial charge >= 0.3 is 0 Å². The quantitative estimate of drug-likeness (QED) is 0.829. The number of hydrogen-bond donors (Lipinski definition) is 2. The van der Waals surface area contributed by atoms with E-state index in [4.69, 9.17) is 26.2 Å². The zero-order chi connectivity index (χ0) is 22.1. The Morgan fingerprint density at radius 1 is 1.59 bits per heavy atom. The van der Waals surface area contributed by atoms with Crippen molar-refractivity contribution in [1.82, 2.24) is 4.98 Å². The number of pyridine rings is 1. The Morgan fingerprint density at radius 3 is 3.11 bits per heavy atom. The van der Waals surface area contributed by atoms with Gasteiger partial charge in [0.05, 0.1) is 14.4 Å². The normalized spacial score (nSPS) is 21.0. The van der Waals surface area contributed by atoms with Crippen molar-refractivity contribution in [2.75, 3.05) is 25.2 Å². The fraction of sp³-hybridized carbons (Fsp3) is 0.278. The van der Waals surface area contributed by atoms with Gasteiger partial charge in [0.1, 0.15) is 36.2 Å². The number of alkyl halides is 1. The number of nitrogens with zero attached hydrogens (tertiary/aromatic N) is 2. The van der Waals surface area contributed by atoms with Gasteiger partial charge in [-0.3, -0.25) is 9.79 Å². The third kappa shape index (κ3) is 3.91. The number of halogens is 3. The van der Waals surface area contributed by atoms with E-state index in [9.17, 15) is 13.6 Å². The molecule has 3 rings (SSSR count). The highest BCUT2D eigenvalue weighted by Crippen LogP contribution is 2.33. The first-order valence-corrected chi connectivity index (χ1v) is 8.14. The van der Waals surface area contributed by atoms with Gasteiger partial charge in [-0.1, -0.05) is 11.6 Å². The maximum absolute atomic E-state index is 14.5. The number of aromatic nitrogens is 1. The van der Waals surface area contributed by atoms with Gasteiger partial charge < -0.3 is 15.8 Å². The second kappa shape index (κ2) is 7.58. The van der Waals surface area contributed by atoms with Crippen molar-refractivity contribution in [3.05, 3.63) is 58.1 Å². The third-order valence-corrected chi connectivity index (χ3v) is 4.10. The van der Waals surface area contributed by atoms with Gasteiger partial charge in [0.25, 0.3) is 5.91 Å². The SMILES string of the molecule is [2H]Cc1c(C(=O)Nc2ccc(F)c(C3(CF)COCC(N)=N3)c2)nc([2H])c(Cl)c1[2H]. The maximum atomic E-state index is 14.5. The van der Waals surface area contributed by atoms with Crippen LogP contribution in [0.4, 0.5) is 14.5 Å². The molecular formula is C18H17ClF2N4O2. The lowest BCUT2D eigenvalue weighted by atomic mass is 9.91. The largest absolute Gasteiger partial charge is 0.385 e. The van der Waals surface area contributed by atoms with E-state index in [1.165, 1.54) is 12.1 Å². The van der Waals surface area contributed by atoms with Crippen LogP contribution < -0.4 is 11.1 Å². The highest BCUT2D eigenvalue weighted by molar-refractivity contribution is 6.30. The highest BCUT2D eigenvalue weighted by Gasteiger charge is 2.38. The van der Waals surface area contributed by atoms with Gasteiger partial charge in [0.2, 0.25) is 0 Å². The number of rotatable bonds is 4. The summed E-state index contributed by atoms with van der Waals surface area (Å²) in [4.78, 5) is 20.5. The van der Waals surface area contributed by atoms with E-state index < -0.39 is 37.0 Å². The minimum Gasteiger partial charge on any atom is -0.385 e. The van der Waals surface area contributed by atoms with Gasteiger partial charge in [0.15, 0.2) is 0 Å². The average molecular weight is 398 g/mol. The van der Waals surface area contributed by atoms with Crippen LogP contribution in [0.3, 0.4) is 0 Å². The zero-order valence-electron chi connectivity index (χ0n) is 17.0. The molecule has 0 saturated heterocycles. The standard InChI is InChI=1S/C18H17ClF2N4O2/c1-10-4-11(19)6-23-16(10)17(26)24-12-2-3-14(21)13(5-12)18(8-20)9-27-7-15(22)25-18/h2-6H,7-9H2,1H3,(H2,22,25)(H,24,26)/i1D,4D,6D. The lowest BCUT2D eigenvalue weighted by Gasteiger charge is -2.31. The van der Waals surface area contributed by atoms with Crippen LogP contribution in [-0.2, 0) is 10.3 Å². The molecule has 2 heterocycles. The van der Waals surface area contributed by atoms with Crippen LogP contribution in [0.5, 0.6) is 0 Å². The fourth-order valence-electron chi connectivity index (χ4n) is 2.67. The summed E-state index contributed by atoms with van der Waals surface area (Å²) in [5.74, 6) is -1.57. The first kappa shape index (κ1) is 15.5. The van der Waals surface area contributed by atoms with E-state index in [0.29, 0.717) is 0 Å². The molecule has 1 aromatic heterocycles. The molecule has 3 N–H and O–H groups in total. The first-order chi connectivity index (χ1) is 14.2. The number of nitrogens with two attached hydrogens (primary N) is 1. The van der Waals surface area contributed by atoms with E-state index >= 15 is 0 Å². The number of benzene rings is 1. The molecule has 9 heteroatoms. The molecule has 0 aliphatic carbocycles. The number of anilines is 1. The Bertz CT molecular complexity index is 1040. The molecule has 0 bridgehead atoms. The predicted molar refractivity (Wildman–Crippen MR) is 98.4 cm³/mol. The molecule has 1 amide bonds. The minimum absolute atomic E-state index is 0.00283. The van der Waals surface area contributed by atoms with E-state index in [2.05, 4.69) is 15.3 Å². The van der Waals surface area contributed by atoms with Crippen LogP contribution in [-0.4, -0.2) is 36.6 Å². The molecule has 0 saturated carbocycles. The van der Waals surface area contributed by atoms with E-state index in [0.717, 1.165) is 6.07 Å². The number of amidine groups is 1. The molecule has 1 atom stereocenters. The first-order valence-electron chi connectivity index (χ1n) is 9.47. The molecule has 0 radical (unpaired) electrons. The molecule has 1 aliphatic heterocycles. The maximum Gasteiger partial charge on any atom is 0.274 e. The molecular weight excluding hydrogens is 378 g/mol.